The van der Waals surface area contributed by atoms with Gasteiger partial charge in [-0.25, -0.2) is 0 Å². The minimum Gasteiger partial charge on any atom is -0.339 e. The van der Waals surface area contributed by atoms with E-state index in [0.717, 1.165) is 0 Å². The third-order valence-electron chi connectivity index (χ3n) is 6.06. The standard InChI is InChI=1S/2C15H14N.CH3Cl.Zr/c2*1-11-7-12(2)16(10-11)15-8-13-5-3-4-6-14(13)9-15;1-2;/h2*3-10H,1-2H3;1H3;/q2*-1;;+2. The SMILES string of the molecule is CCl.Cc1cc(C)n(-c2cc3ccccc3[cH-]2)c1.Cc1cc(C)n(-c2cc3ccccc3[cH-]2)c1.[Zr+2]. The molecular formula is C31H31ClN2Zr. The van der Waals surface area contributed by atoms with Crippen LogP contribution >= 0.6 is 11.6 Å². The Morgan fingerprint density at radius 2 is 0.943 bits per heavy atom. The van der Waals surface area contributed by atoms with Crippen LogP contribution < -0.4 is 0 Å². The topological polar surface area (TPSA) is 9.86 Å². The second-order valence-electron chi connectivity index (χ2n) is 8.74. The Labute approximate surface area is 232 Å². The van der Waals surface area contributed by atoms with E-state index in [1.165, 1.54) is 61.8 Å². The zero-order valence-corrected chi connectivity index (χ0v) is 24.2. The van der Waals surface area contributed by atoms with Gasteiger partial charge in [0.05, 0.1) is 0 Å². The summed E-state index contributed by atoms with van der Waals surface area (Å²) in [7, 11) is 0. The number of hydrogen-bond donors (Lipinski definition) is 0. The van der Waals surface area contributed by atoms with Crippen molar-refractivity contribution in [3.05, 3.63) is 120 Å². The van der Waals surface area contributed by atoms with Crippen LogP contribution in [0.4, 0.5) is 0 Å². The molecule has 2 nitrogen and oxygen atoms in total. The van der Waals surface area contributed by atoms with Crippen LogP contribution in [0.1, 0.15) is 22.5 Å². The fraction of sp³-hybridized carbons (Fsp3) is 0.161. The molecule has 0 aliphatic rings. The van der Waals surface area contributed by atoms with Crippen molar-refractivity contribution in [1.82, 2.24) is 9.13 Å². The molecule has 2 heterocycles. The van der Waals surface area contributed by atoms with Crippen LogP contribution in [0.3, 0.4) is 0 Å². The van der Waals surface area contributed by atoms with Crippen molar-refractivity contribution in [2.24, 2.45) is 0 Å². The van der Waals surface area contributed by atoms with Crippen molar-refractivity contribution in [2.45, 2.75) is 27.7 Å². The summed E-state index contributed by atoms with van der Waals surface area (Å²) in [5.41, 5.74) is 7.70. The normalized spacial score (nSPS) is 10.3. The van der Waals surface area contributed by atoms with E-state index >= 15 is 0 Å². The molecule has 176 valence electrons. The van der Waals surface area contributed by atoms with Gasteiger partial charge in [-0.3, -0.25) is 0 Å². The number of benzene rings is 2. The predicted octanol–water partition coefficient (Wildman–Crippen LogP) is 8.78. The van der Waals surface area contributed by atoms with Gasteiger partial charge in [0.1, 0.15) is 0 Å². The van der Waals surface area contributed by atoms with Crippen molar-refractivity contribution in [3.63, 3.8) is 0 Å². The number of fused-ring (bicyclic) bond motifs is 2. The summed E-state index contributed by atoms with van der Waals surface area (Å²) < 4.78 is 4.49. The van der Waals surface area contributed by atoms with Gasteiger partial charge in [-0.1, -0.05) is 12.1 Å². The number of nitrogens with zero attached hydrogens (tertiary/aromatic N) is 2. The quantitative estimate of drug-likeness (QED) is 0.149. The third kappa shape index (κ3) is 5.97. The van der Waals surface area contributed by atoms with E-state index in [1.54, 1.807) is 0 Å². The minimum atomic E-state index is 0. The van der Waals surface area contributed by atoms with Gasteiger partial charge in [0.2, 0.25) is 0 Å². The monoisotopic (exact) mass is 556 g/mol. The smallest absolute Gasteiger partial charge is 0.339 e. The van der Waals surface area contributed by atoms with Crippen LogP contribution in [0, 0.1) is 27.7 Å². The molecule has 0 unspecified atom stereocenters. The van der Waals surface area contributed by atoms with Crippen molar-refractivity contribution >= 4 is 33.1 Å². The molecular weight excluding hydrogens is 527 g/mol. The maximum atomic E-state index is 4.64. The molecule has 4 heteroatoms. The number of halogens is 1. The number of rotatable bonds is 2. The molecule has 0 N–H and O–H groups in total. The average Bonchev–Trinajstić information content (AvgIpc) is 3.59. The fourth-order valence-corrected chi connectivity index (χ4v) is 4.59. The van der Waals surface area contributed by atoms with Crippen molar-refractivity contribution < 1.29 is 26.2 Å². The van der Waals surface area contributed by atoms with Gasteiger partial charge in [0, 0.05) is 30.2 Å². The summed E-state index contributed by atoms with van der Waals surface area (Å²) in [6.45, 7) is 8.55. The number of alkyl halides is 1. The molecule has 6 aromatic rings. The van der Waals surface area contributed by atoms with Crippen LogP contribution in [0.25, 0.3) is 32.9 Å². The first kappa shape index (κ1) is 27.0. The Hall–Kier alpha value is -2.61. The van der Waals surface area contributed by atoms with Crippen LogP contribution in [0.2, 0.25) is 0 Å². The zero-order chi connectivity index (χ0) is 24.2. The molecule has 4 aromatic carbocycles. The van der Waals surface area contributed by atoms with Gasteiger partial charge in [-0.15, -0.1) is 93.8 Å². The Kier molecular flexibility index (Phi) is 9.17. The molecule has 0 fully saturated rings. The average molecular weight is 558 g/mol. The van der Waals surface area contributed by atoms with E-state index in [9.17, 15) is 0 Å². The summed E-state index contributed by atoms with van der Waals surface area (Å²) in [5.74, 6) is 0. The Morgan fingerprint density at radius 1 is 0.571 bits per heavy atom. The predicted molar refractivity (Wildman–Crippen MR) is 148 cm³/mol. The maximum absolute atomic E-state index is 4.64. The van der Waals surface area contributed by atoms with E-state index in [1.807, 2.05) is 0 Å². The van der Waals surface area contributed by atoms with Gasteiger partial charge in [-0.05, 0) is 62.3 Å². The summed E-state index contributed by atoms with van der Waals surface area (Å²) in [6, 6.07) is 30.3. The molecule has 0 aliphatic heterocycles. The van der Waals surface area contributed by atoms with Crippen LogP contribution in [-0.4, -0.2) is 15.5 Å². The van der Waals surface area contributed by atoms with Crippen molar-refractivity contribution in [1.29, 1.82) is 0 Å². The molecule has 0 saturated heterocycles. The fourth-order valence-electron chi connectivity index (χ4n) is 4.59. The van der Waals surface area contributed by atoms with Crippen LogP contribution in [0.5, 0.6) is 0 Å². The number of aryl methyl sites for hydroxylation is 4. The van der Waals surface area contributed by atoms with Gasteiger partial charge in [-0.2, -0.15) is 0 Å². The van der Waals surface area contributed by atoms with Gasteiger partial charge in [0.15, 0.2) is 0 Å². The second-order valence-corrected chi connectivity index (χ2v) is 8.74. The molecule has 0 radical (unpaired) electrons. The molecule has 0 atom stereocenters. The molecule has 0 saturated carbocycles. The molecule has 0 spiro atoms. The number of hydrogen-bond acceptors (Lipinski definition) is 0. The first-order valence-corrected chi connectivity index (χ1v) is 12.2. The zero-order valence-electron chi connectivity index (χ0n) is 21.0. The molecule has 0 amide bonds. The Balaban J connectivity index is 0.000000178. The van der Waals surface area contributed by atoms with E-state index in [2.05, 4.69) is 146 Å². The molecule has 6 rings (SSSR count). The summed E-state index contributed by atoms with van der Waals surface area (Å²) >= 11 is 4.64. The second kappa shape index (κ2) is 11.9. The number of aromatic nitrogens is 2. The summed E-state index contributed by atoms with van der Waals surface area (Å²) in [6.07, 6.45) is 5.84. The van der Waals surface area contributed by atoms with Crippen molar-refractivity contribution in [2.75, 3.05) is 6.38 Å². The maximum Gasteiger partial charge on any atom is 2.00 e. The van der Waals surface area contributed by atoms with Crippen molar-refractivity contribution in [3.8, 4) is 11.4 Å². The van der Waals surface area contributed by atoms with Gasteiger partial charge < -0.3 is 9.13 Å². The van der Waals surface area contributed by atoms with E-state index in [0.29, 0.717) is 0 Å². The van der Waals surface area contributed by atoms with Crippen LogP contribution in [-0.2, 0) is 26.2 Å². The first-order valence-electron chi connectivity index (χ1n) is 11.5. The first-order chi connectivity index (χ1) is 16.5. The molecule has 0 bridgehead atoms. The third-order valence-corrected chi connectivity index (χ3v) is 6.06. The van der Waals surface area contributed by atoms with E-state index in [4.69, 9.17) is 0 Å². The van der Waals surface area contributed by atoms with Crippen LogP contribution in [0.15, 0.2) is 97.3 Å². The van der Waals surface area contributed by atoms with Gasteiger partial charge >= 0.3 is 26.2 Å². The van der Waals surface area contributed by atoms with E-state index < -0.39 is 0 Å². The molecule has 2 aromatic heterocycles. The largest absolute Gasteiger partial charge is 2.00 e. The minimum absolute atomic E-state index is 0. The summed E-state index contributed by atoms with van der Waals surface area (Å²) in [4.78, 5) is 0. The Morgan fingerprint density at radius 3 is 1.26 bits per heavy atom. The Bertz CT molecular complexity index is 1340. The van der Waals surface area contributed by atoms with Gasteiger partial charge in [0.25, 0.3) is 0 Å². The van der Waals surface area contributed by atoms with E-state index in [-0.39, 0.29) is 26.2 Å². The molecule has 35 heavy (non-hydrogen) atoms. The molecule has 0 aliphatic carbocycles. The summed E-state index contributed by atoms with van der Waals surface area (Å²) in [5, 5.41) is 5.23.